The molecule has 3 fully saturated rings. The van der Waals surface area contributed by atoms with E-state index in [1.807, 2.05) is 9.80 Å². The highest BCUT2D eigenvalue weighted by molar-refractivity contribution is 5.81. The Morgan fingerprint density at radius 2 is 1.88 bits per heavy atom. The number of piperidine rings is 1. The summed E-state index contributed by atoms with van der Waals surface area (Å²) in [5.74, 6) is 0.642. The molecular formula is C17H26N6O2. The Balaban J connectivity index is 1.39. The maximum Gasteiger partial charge on any atom is 0.320 e. The summed E-state index contributed by atoms with van der Waals surface area (Å²) in [5, 5.41) is 10.0. The highest BCUT2D eigenvalue weighted by atomic mass is 16.2. The summed E-state index contributed by atoms with van der Waals surface area (Å²) < 4.78 is 0. The zero-order chi connectivity index (χ0) is 17.3. The number of carbonyl (C=O) groups is 2. The number of hydrogen-bond acceptors (Lipinski definition) is 4. The van der Waals surface area contributed by atoms with Crippen LogP contribution in [0, 0.1) is 5.92 Å². The summed E-state index contributed by atoms with van der Waals surface area (Å²) >= 11 is 0. The van der Waals surface area contributed by atoms with Gasteiger partial charge in [-0.25, -0.2) is 9.78 Å². The second-order valence-corrected chi connectivity index (χ2v) is 7.52. The number of urea groups is 1. The molecule has 2 saturated heterocycles. The number of nitrogens with zero attached hydrogens (tertiary/aromatic N) is 4. The number of rotatable bonds is 3. The van der Waals surface area contributed by atoms with Crippen molar-refractivity contribution in [2.24, 2.45) is 5.92 Å². The first-order valence-electron chi connectivity index (χ1n) is 9.40. The molecule has 8 nitrogen and oxygen atoms in total. The molecule has 0 unspecified atom stereocenters. The predicted octanol–water partition coefficient (Wildman–Crippen LogP) is 1.23. The van der Waals surface area contributed by atoms with Gasteiger partial charge in [0.1, 0.15) is 12.2 Å². The lowest BCUT2D eigenvalue weighted by atomic mass is 9.75. The van der Waals surface area contributed by atoms with Crippen molar-refractivity contribution >= 4 is 11.9 Å². The van der Waals surface area contributed by atoms with Gasteiger partial charge in [-0.3, -0.25) is 9.89 Å². The number of nitrogens with one attached hydrogen (secondary N) is 2. The Morgan fingerprint density at radius 3 is 2.52 bits per heavy atom. The van der Waals surface area contributed by atoms with Crippen molar-refractivity contribution in [3.05, 3.63) is 12.2 Å². The lowest BCUT2D eigenvalue weighted by Gasteiger charge is -2.42. The minimum Gasteiger partial charge on any atom is -0.343 e. The van der Waals surface area contributed by atoms with E-state index in [2.05, 4.69) is 20.5 Å². The van der Waals surface area contributed by atoms with Gasteiger partial charge in [-0.2, -0.15) is 5.10 Å². The number of carbonyl (C=O) groups excluding carboxylic acids is 2. The van der Waals surface area contributed by atoms with Crippen molar-refractivity contribution in [2.75, 3.05) is 26.2 Å². The Hall–Kier alpha value is -2.12. The highest BCUT2D eigenvalue weighted by Gasteiger charge is 2.44. The molecule has 3 aliphatic rings. The third kappa shape index (κ3) is 3.09. The number of H-pyrrole nitrogens is 1. The third-order valence-corrected chi connectivity index (χ3v) is 5.88. The van der Waals surface area contributed by atoms with Gasteiger partial charge in [-0.15, -0.1) is 0 Å². The molecule has 3 heterocycles. The highest BCUT2D eigenvalue weighted by Crippen LogP contribution is 2.39. The number of hydrogen-bond donors (Lipinski definition) is 2. The maximum atomic E-state index is 12.9. The van der Waals surface area contributed by atoms with Crippen molar-refractivity contribution < 1.29 is 9.59 Å². The van der Waals surface area contributed by atoms with Gasteiger partial charge in [0.15, 0.2) is 0 Å². The van der Waals surface area contributed by atoms with Crippen LogP contribution in [0.4, 0.5) is 4.79 Å². The fourth-order valence-electron chi connectivity index (χ4n) is 4.20. The second-order valence-electron chi connectivity index (χ2n) is 7.52. The molecule has 0 bridgehead atoms. The summed E-state index contributed by atoms with van der Waals surface area (Å²) in [6, 6.07) is 0.101. The SMILES string of the molecule is O=C(NC1(c2ncn[nH]2)CCC1)[C@@H]1CCCN(C(=O)N2CCCC2)C1. The van der Waals surface area contributed by atoms with Crippen LogP contribution in [-0.2, 0) is 10.3 Å². The van der Waals surface area contributed by atoms with Gasteiger partial charge in [-0.05, 0) is 44.9 Å². The van der Waals surface area contributed by atoms with Crippen molar-refractivity contribution in [3.63, 3.8) is 0 Å². The summed E-state index contributed by atoms with van der Waals surface area (Å²) in [7, 11) is 0. The van der Waals surface area contributed by atoms with E-state index in [9.17, 15) is 9.59 Å². The summed E-state index contributed by atoms with van der Waals surface area (Å²) in [6.45, 7) is 2.97. The van der Waals surface area contributed by atoms with Gasteiger partial charge >= 0.3 is 6.03 Å². The number of likely N-dealkylation sites (tertiary alicyclic amines) is 2. The second kappa shape index (κ2) is 6.65. The van der Waals surface area contributed by atoms with Crippen LogP contribution < -0.4 is 5.32 Å². The van der Waals surface area contributed by atoms with Crippen LogP contribution in [0.15, 0.2) is 6.33 Å². The third-order valence-electron chi connectivity index (χ3n) is 5.88. The number of amides is 3. The summed E-state index contributed by atoms with van der Waals surface area (Å²) in [5.41, 5.74) is -0.394. The van der Waals surface area contributed by atoms with Crippen LogP contribution in [0.5, 0.6) is 0 Å². The molecule has 1 aromatic heterocycles. The molecular weight excluding hydrogens is 320 g/mol. The van der Waals surface area contributed by atoms with E-state index < -0.39 is 5.54 Å². The standard InChI is InChI=1S/C17H26N6O2/c24-14(20-17(6-4-7-17)15-18-12-19-21-15)13-5-3-10-23(11-13)16(25)22-8-1-2-9-22/h12-13H,1-11H2,(H,20,24)(H,18,19,21)/t13-/m1/s1. The van der Waals surface area contributed by atoms with E-state index >= 15 is 0 Å². The Labute approximate surface area is 147 Å². The maximum absolute atomic E-state index is 12.9. The van der Waals surface area contributed by atoms with E-state index in [-0.39, 0.29) is 17.9 Å². The largest absolute Gasteiger partial charge is 0.343 e. The molecule has 0 radical (unpaired) electrons. The van der Waals surface area contributed by atoms with Crippen LogP contribution in [-0.4, -0.2) is 63.1 Å². The zero-order valence-electron chi connectivity index (χ0n) is 14.5. The van der Waals surface area contributed by atoms with Gasteiger partial charge in [0.2, 0.25) is 5.91 Å². The van der Waals surface area contributed by atoms with E-state index in [0.717, 1.165) is 70.4 Å². The molecule has 3 amide bonds. The first-order chi connectivity index (χ1) is 12.2. The van der Waals surface area contributed by atoms with Crippen LogP contribution in [0.1, 0.15) is 50.8 Å². The molecule has 0 spiro atoms. The van der Waals surface area contributed by atoms with Crippen molar-refractivity contribution in [1.29, 1.82) is 0 Å². The van der Waals surface area contributed by atoms with Crippen molar-refractivity contribution in [1.82, 2.24) is 30.3 Å². The van der Waals surface area contributed by atoms with Gasteiger partial charge in [0.05, 0.1) is 11.5 Å². The quantitative estimate of drug-likeness (QED) is 0.861. The van der Waals surface area contributed by atoms with Crippen LogP contribution in [0.3, 0.4) is 0 Å². The van der Waals surface area contributed by atoms with Gasteiger partial charge in [0.25, 0.3) is 0 Å². The lowest BCUT2D eigenvalue weighted by molar-refractivity contribution is -0.129. The average Bonchev–Trinajstić information content (AvgIpc) is 3.30. The number of aromatic nitrogens is 3. The molecule has 1 atom stereocenters. The lowest BCUT2D eigenvalue weighted by Crippen LogP contribution is -2.56. The smallest absolute Gasteiger partial charge is 0.320 e. The average molecular weight is 346 g/mol. The van der Waals surface area contributed by atoms with Crippen LogP contribution >= 0.6 is 0 Å². The Morgan fingerprint density at radius 1 is 1.12 bits per heavy atom. The molecule has 1 saturated carbocycles. The molecule has 2 N–H and O–H groups in total. The Bertz CT molecular complexity index is 621. The van der Waals surface area contributed by atoms with E-state index in [4.69, 9.17) is 0 Å². The first-order valence-corrected chi connectivity index (χ1v) is 9.40. The predicted molar refractivity (Wildman–Crippen MR) is 90.6 cm³/mol. The molecule has 1 aliphatic carbocycles. The van der Waals surface area contributed by atoms with E-state index in [0.29, 0.717) is 6.54 Å². The van der Waals surface area contributed by atoms with Crippen LogP contribution in [0.2, 0.25) is 0 Å². The first kappa shape index (κ1) is 16.4. The zero-order valence-corrected chi connectivity index (χ0v) is 14.5. The minimum atomic E-state index is -0.394. The van der Waals surface area contributed by atoms with E-state index in [1.54, 1.807) is 0 Å². The molecule has 136 valence electrons. The molecule has 1 aromatic rings. The minimum absolute atomic E-state index is 0.0371. The van der Waals surface area contributed by atoms with Gasteiger partial charge < -0.3 is 15.1 Å². The number of aromatic amines is 1. The summed E-state index contributed by atoms with van der Waals surface area (Å²) in [4.78, 5) is 33.5. The fraction of sp³-hybridized carbons (Fsp3) is 0.765. The van der Waals surface area contributed by atoms with Crippen molar-refractivity contribution in [2.45, 2.75) is 50.5 Å². The molecule has 2 aliphatic heterocycles. The van der Waals surface area contributed by atoms with E-state index in [1.165, 1.54) is 6.33 Å². The topological polar surface area (TPSA) is 94.2 Å². The molecule has 8 heteroatoms. The Kier molecular flexibility index (Phi) is 4.35. The summed E-state index contributed by atoms with van der Waals surface area (Å²) in [6.07, 6.45) is 8.22. The van der Waals surface area contributed by atoms with Gasteiger partial charge in [0, 0.05) is 26.2 Å². The monoisotopic (exact) mass is 346 g/mol. The van der Waals surface area contributed by atoms with Crippen LogP contribution in [0.25, 0.3) is 0 Å². The van der Waals surface area contributed by atoms with Crippen molar-refractivity contribution in [3.8, 4) is 0 Å². The normalized spacial score (nSPS) is 25.5. The fourth-order valence-corrected chi connectivity index (χ4v) is 4.20. The molecule has 0 aromatic carbocycles. The molecule has 25 heavy (non-hydrogen) atoms. The molecule has 4 rings (SSSR count). The van der Waals surface area contributed by atoms with Gasteiger partial charge in [-0.1, -0.05) is 0 Å².